The van der Waals surface area contributed by atoms with Crippen LogP contribution in [0.1, 0.15) is 6.92 Å². The van der Waals surface area contributed by atoms with Crippen LogP contribution in [0.15, 0.2) is 0 Å². The van der Waals surface area contributed by atoms with Crippen molar-refractivity contribution < 1.29 is 27.5 Å². The molecule has 0 saturated heterocycles. The smallest absolute Gasteiger partial charge is 0.421 e. The number of carbonyl (C=O) groups excluding carboxylic acids is 2. The summed E-state index contributed by atoms with van der Waals surface area (Å²) in [6.07, 6.45) is -1.08. The van der Waals surface area contributed by atoms with Crippen LogP contribution in [-0.4, -0.2) is 44.7 Å². The highest BCUT2D eigenvalue weighted by atomic mass is 127. The maximum atomic E-state index is 11.3. The summed E-state index contributed by atoms with van der Waals surface area (Å²) in [5, 5.41) is 0. The zero-order valence-corrected chi connectivity index (χ0v) is 12.2. The molecular formula is C7H13IN2O6S. The van der Waals surface area contributed by atoms with Gasteiger partial charge in [0.1, 0.15) is 3.92 Å². The van der Waals surface area contributed by atoms with Crippen molar-refractivity contribution >= 4 is 44.9 Å². The van der Waals surface area contributed by atoms with Gasteiger partial charge in [-0.05, 0) is 6.92 Å². The Labute approximate surface area is 113 Å². The van der Waals surface area contributed by atoms with Crippen LogP contribution in [0.5, 0.6) is 0 Å². The van der Waals surface area contributed by atoms with Gasteiger partial charge in [-0.1, -0.05) is 22.6 Å². The first-order chi connectivity index (χ1) is 7.82. The van der Waals surface area contributed by atoms with Gasteiger partial charge < -0.3 is 9.47 Å². The third kappa shape index (κ3) is 7.33. The molecule has 0 rings (SSSR count). The number of ether oxygens (including phenoxy) is 2. The maximum absolute atomic E-state index is 11.3. The molecule has 0 aliphatic rings. The Bertz CT molecular complexity index is 371. The molecule has 1 unspecified atom stereocenters. The number of esters is 1. The first-order valence-electron chi connectivity index (χ1n) is 4.48. The molecule has 0 radical (unpaired) electrons. The zero-order chi connectivity index (χ0) is 13.5. The average molecular weight is 380 g/mol. The fourth-order valence-electron chi connectivity index (χ4n) is 0.700. The van der Waals surface area contributed by atoms with E-state index >= 15 is 0 Å². The van der Waals surface area contributed by atoms with Crippen LogP contribution < -0.4 is 9.44 Å². The lowest BCUT2D eigenvalue weighted by Gasteiger charge is -2.10. The highest BCUT2D eigenvalue weighted by Crippen LogP contribution is 2.01. The third-order valence-electron chi connectivity index (χ3n) is 1.40. The molecule has 1 amide bonds. The monoisotopic (exact) mass is 380 g/mol. The van der Waals surface area contributed by atoms with Gasteiger partial charge in [-0.2, -0.15) is 13.1 Å². The predicted molar refractivity (Wildman–Crippen MR) is 66.9 cm³/mol. The molecule has 1 atom stereocenters. The lowest BCUT2D eigenvalue weighted by atomic mass is 10.4. The number of methoxy groups -OCH3 is 1. The van der Waals surface area contributed by atoms with Gasteiger partial charge in [-0.25, -0.2) is 9.52 Å². The number of halogens is 1. The quantitative estimate of drug-likeness (QED) is 0.367. The van der Waals surface area contributed by atoms with Crippen LogP contribution in [0.2, 0.25) is 0 Å². The molecule has 10 heteroatoms. The number of hydrogen-bond acceptors (Lipinski definition) is 6. The molecular weight excluding hydrogens is 367 g/mol. The Morgan fingerprint density at radius 1 is 1.41 bits per heavy atom. The molecule has 0 aliphatic carbocycles. The van der Waals surface area contributed by atoms with E-state index in [9.17, 15) is 18.0 Å². The Balaban J connectivity index is 4.19. The number of nitrogens with one attached hydrogen (secondary N) is 2. The fraction of sp³-hybridized carbons (Fsp3) is 0.714. The first kappa shape index (κ1) is 16.4. The van der Waals surface area contributed by atoms with Gasteiger partial charge in [-0.15, -0.1) is 0 Å². The number of alkyl halides is 1. The largest absolute Gasteiger partial charge is 0.468 e. The lowest BCUT2D eigenvalue weighted by Crippen LogP contribution is -2.43. The van der Waals surface area contributed by atoms with Gasteiger partial charge in [0.25, 0.3) is 0 Å². The Kier molecular flexibility index (Phi) is 7.38. The van der Waals surface area contributed by atoms with Crippen molar-refractivity contribution in [3.05, 3.63) is 0 Å². The molecule has 0 bridgehead atoms. The van der Waals surface area contributed by atoms with Crippen LogP contribution in [0.3, 0.4) is 0 Å². The molecule has 0 aromatic heterocycles. The van der Waals surface area contributed by atoms with Crippen molar-refractivity contribution in [3.63, 3.8) is 0 Å². The SMILES string of the molecule is CCOC(=O)NS(=O)(=O)NCC(I)C(=O)OC. The second-order valence-corrected chi connectivity index (χ2v) is 5.67. The number of hydrogen-bond donors (Lipinski definition) is 2. The summed E-state index contributed by atoms with van der Waals surface area (Å²) >= 11 is 1.71. The van der Waals surface area contributed by atoms with Crippen molar-refractivity contribution in [1.82, 2.24) is 9.44 Å². The van der Waals surface area contributed by atoms with Crippen molar-refractivity contribution in [2.75, 3.05) is 20.3 Å². The van der Waals surface area contributed by atoms with Crippen molar-refractivity contribution in [3.8, 4) is 0 Å². The second-order valence-electron chi connectivity index (χ2n) is 2.67. The summed E-state index contributed by atoms with van der Waals surface area (Å²) in [6.45, 7) is 1.40. The average Bonchev–Trinajstić information content (AvgIpc) is 2.24. The molecule has 0 spiro atoms. The van der Waals surface area contributed by atoms with E-state index in [1.807, 2.05) is 4.72 Å². The van der Waals surface area contributed by atoms with Crippen LogP contribution in [0.4, 0.5) is 4.79 Å². The summed E-state index contributed by atoms with van der Waals surface area (Å²) in [5.41, 5.74) is 0. The molecule has 2 N–H and O–H groups in total. The molecule has 0 aromatic rings. The third-order valence-corrected chi connectivity index (χ3v) is 3.33. The summed E-state index contributed by atoms with van der Waals surface area (Å²) in [6, 6.07) is 0. The molecule has 0 aliphatic heterocycles. The molecule has 0 aromatic carbocycles. The molecule has 0 saturated carbocycles. The van der Waals surface area contributed by atoms with E-state index < -0.39 is 26.2 Å². The first-order valence-corrected chi connectivity index (χ1v) is 7.21. The van der Waals surface area contributed by atoms with Gasteiger partial charge >= 0.3 is 22.3 Å². The normalized spacial score (nSPS) is 12.6. The molecule has 0 fully saturated rings. The zero-order valence-electron chi connectivity index (χ0n) is 9.23. The van der Waals surface area contributed by atoms with Crippen LogP contribution in [0.25, 0.3) is 0 Å². The standard InChI is InChI=1S/C7H13IN2O6S/c1-3-16-7(12)10-17(13,14)9-4-5(8)6(11)15-2/h5,9H,3-4H2,1-2H3,(H,10,12). The van der Waals surface area contributed by atoms with Crippen LogP contribution in [0, 0.1) is 0 Å². The van der Waals surface area contributed by atoms with E-state index in [2.05, 4.69) is 9.47 Å². The van der Waals surface area contributed by atoms with E-state index in [-0.39, 0.29) is 13.2 Å². The minimum Gasteiger partial charge on any atom is -0.468 e. The van der Waals surface area contributed by atoms with Crippen molar-refractivity contribution in [2.24, 2.45) is 0 Å². The molecule has 100 valence electrons. The predicted octanol–water partition coefficient (Wildman–Crippen LogP) is -0.456. The maximum Gasteiger partial charge on any atom is 0.421 e. The van der Waals surface area contributed by atoms with Crippen LogP contribution >= 0.6 is 22.6 Å². The van der Waals surface area contributed by atoms with E-state index in [1.165, 1.54) is 14.0 Å². The summed E-state index contributed by atoms with van der Waals surface area (Å²) < 4.78 is 34.2. The summed E-state index contributed by atoms with van der Waals surface area (Å²) in [7, 11) is -2.83. The Morgan fingerprint density at radius 2 is 2.00 bits per heavy atom. The molecule has 0 heterocycles. The second kappa shape index (κ2) is 7.66. The molecule has 8 nitrogen and oxygen atoms in total. The number of rotatable bonds is 6. The summed E-state index contributed by atoms with van der Waals surface area (Å²) in [4.78, 5) is 21.8. The van der Waals surface area contributed by atoms with Crippen LogP contribution in [-0.2, 0) is 24.5 Å². The van der Waals surface area contributed by atoms with E-state index in [0.717, 1.165) is 0 Å². The van der Waals surface area contributed by atoms with Gasteiger partial charge in [0.2, 0.25) is 0 Å². The highest BCUT2D eigenvalue weighted by Gasteiger charge is 2.20. The highest BCUT2D eigenvalue weighted by molar-refractivity contribution is 14.1. The van der Waals surface area contributed by atoms with E-state index in [4.69, 9.17) is 0 Å². The minimum atomic E-state index is -4.03. The minimum absolute atomic E-state index is 0.0540. The van der Waals surface area contributed by atoms with E-state index in [1.54, 1.807) is 27.3 Å². The lowest BCUT2D eigenvalue weighted by molar-refractivity contribution is -0.139. The van der Waals surface area contributed by atoms with E-state index in [0.29, 0.717) is 0 Å². The van der Waals surface area contributed by atoms with Gasteiger partial charge in [-0.3, -0.25) is 4.79 Å². The summed E-state index contributed by atoms with van der Waals surface area (Å²) in [5.74, 6) is -0.565. The van der Waals surface area contributed by atoms with Gasteiger partial charge in [0.05, 0.1) is 13.7 Å². The number of amides is 1. The van der Waals surface area contributed by atoms with Crippen molar-refractivity contribution in [2.45, 2.75) is 10.8 Å². The number of carbonyl (C=O) groups is 2. The molecule has 17 heavy (non-hydrogen) atoms. The van der Waals surface area contributed by atoms with Gasteiger partial charge in [0, 0.05) is 6.54 Å². The van der Waals surface area contributed by atoms with Gasteiger partial charge in [0.15, 0.2) is 0 Å². The van der Waals surface area contributed by atoms with Crippen molar-refractivity contribution in [1.29, 1.82) is 0 Å². The Morgan fingerprint density at radius 3 is 2.47 bits per heavy atom. The Hall–Kier alpha value is -0.620. The fourth-order valence-corrected chi connectivity index (χ4v) is 2.21. The topological polar surface area (TPSA) is 111 Å².